The van der Waals surface area contributed by atoms with E-state index in [0.717, 1.165) is 45.4 Å². The molecule has 0 amide bonds. The van der Waals surface area contributed by atoms with Gasteiger partial charge in [0.1, 0.15) is 0 Å². The molecule has 2 saturated carbocycles. The number of rotatable bonds is 5. The molecule has 2 aliphatic heterocycles. The Labute approximate surface area is 145 Å². The normalized spacial score (nSPS) is 36.9. The van der Waals surface area contributed by atoms with E-state index in [0.29, 0.717) is 37.1 Å². The molecule has 3 atom stereocenters. The largest absolute Gasteiger partial charge is 0.379 e. The Balaban J connectivity index is 1.28. The van der Waals surface area contributed by atoms with Crippen LogP contribution in [0.4, 0.5) is 0 Å². The number of hydrogen-bond donors (Lipinski definition) is 2. The van der Waals surface area contributed by atoms with Crippen LogP contribution in [0, 0.1) is 5.92 Å². The Hall–Kier alpha value is -0.210. The molecule has 138 valence electrons. The summed E-state index contributed by atoms with van der Waals surface area (Å²) in [6.07, 6.45) is 7.42. The molecule has 4 fully saturated rings. The van der Waals surface area contributed by atoms with E-state index in [-0.39, 0.29) is 5.25 Å². The van der Waals surface area contributed by atoms with Crippen LogP contribution < -0.4 is 10.6 Å². The van der Waals surface area contributed by atoms with Crippen LogP contribution in [0.2, 0.25) is 0 Å². The highest BCUT2D eigenvalue weighted by atomic mass is 32.2. The lowest BCUT2D eigenvalue weighted by molar-refractivity contribution is 0.0510. The lowest BCUT2D eigenvalue weighted by Crippen LogP contribution is -2.54. The first-order valence-electron chi connectivity index (χ1n) is 9.71. The van der Waals surface area contributed by atoms with Crippen molar-refractivity contribution in [3.8, 4) is 0 Å². The Morgan fingerprint density at radius 2 is 1.83 bits per heavy atom. The topological polar surface area (TPSA) is 70.7 Å². The Morgan fingerprint density at radius 1 is 1.04 bits per heavy atom. The molecule has 6 nitrogen and oxygen atoms in total. The van der Waals surface area contributed by atoms with Gasteiger partial charge in [0, 0.05) is 37.8 Å². The van der Waals surface area contributed by atoms with Gasteiger partial charge in [0.15, 0.2) is 0 Å². The van der Waals surface area contributed by atoms with E-state index in [1.165, 1.54) is 19.3 Å². The number of piperidine rings is 1. The average molecular weight is 358 g/mol. The molecule has 2 heterocycles. The van der Waals surface area contributed by atoms with E-state index in [4.69, 9.17) is 4.74 Å². The molecular weight excluding hydrogens is 326 g/mol. The standard InChI is InChI=1S/C17H31N3O3S/c21-24(22,14-4-5-14)20-9-6-13(7-10-20)19-16-3-1-2-15(16)17-12-23-11-8-18-17/h13-19H,1-12H2. The molecule has 2 saturated heterocycles. The second kappa shape index (κ2) is 7.19. The summed E-state index contributed by atoms with van der Waals surface area (Å²) < 4.78 is 32.1. The van der Waals surface area contributed by atoms with Crippen molar-refractivity contribution in [3.05, 3.63) is 0 Å². The van der Waals surface area contributed by atoms with E-state index < -0.39 is 10.0 Å². The van der Waals surface area contributed by atoms with Crippen molar-refractivity contribution in [1.82, 2.24) is 14.9 Å². The van der Waals surface area contributed by atoms with Crippen LogP contribution in [0.3, 0.4) is 0 Å². The van der Waals surface area contributed by atoms with E-state index in [1.54, 1.807) is 4.31 Å². The summed E-state index contributed by atoms with van der Waals surface area (Å²) in [6, 6.07) is 1.50. The fourth-order valence-electron chi connectivity index (χ4n) is 4.69. The van der Waals surface area contributed by atoms with E-state index in [1.807, 2.05) is 0 Å². The summed E-state index contributed by atoms with van der Waals surface area (Å²) in [6.45, 7) is 4.01. The first kappa shape index (κ1) is 17.2. The van der Waals surface area contributed by atoms with Crippen LogP contribution in [-0.2, 0) is 14.8 Å². The van der Waals surface area contributed by atoms with Gasteiger partial charge in [0.05, 0.1) is 18.5 Å². The highest BCUT2D eigenvalue weighted by Gasteiger charge is 2.42. The molecule has 0 aromatic heterocycles. The lowest BCUT2D eigenvalue weighted by atomic mass is 9.92. The SMILES string of the molecule is O=S(=O)(C1CC1)N1CCC(NC2CCCC2C2COCCN2)CC1. The van der Waals surface area contributed by atoms with Gasteiger partial charge < -0.3 is 15.4 Å². The summed E-state index contributed by atoms with van der Waals surface area (Å²) >= 11 is 0. The second-order valence-electron chi connectivity index (χ2n) is 7.92. The van der Waals surface area contributed by atoms with Gasteiger partial charge in [-0.15, -0.1) is 0 Å². The quantitative estimate of drug-likeness (QED) is 0.758. The third-order valence-corrected chi connectivity index (χ3v) is 8.64. The molecule has 2 aliphatic carbocycles. The van der Waals surface area contributed by atoms with Crippen LogP contribution >= 0.6 is 0 Å². The van der Waals surface area contributed by atoms with Crippen molar-refractivity contribution < 1.29 is 13.2 Å². The highest BCUT2D eigenvalue weighted by Crippen LogP contribution is 2.33. The molecule has 3 unspecified atom stereocenters. The van der Waals surface area contributed by atoms with Gasteiger partial charge in [0.25, 0.3) is 0 Å². The van der Waals surface area contributed by atoms with Crippen molar-refractivity contribution in [2.24, 2.45) is 5.92 Å². The van der Waals surface area contributed by atoms with Gasteiger partial charge in [-0.3, -0.25) is 0 Å². The number of sulfonamides is 1. The number of morpholine rings is 1. The van der Waals surface area contributed by atoms with Crippen molar-refractivity contribution in [2.75, 3.05) is 32.8 Å². The maximum Gasteiger partial charge on any atom is 0.216 e. The zero-order valence-corrected chi connectivity index (χ0v) is 15.3. The first-order valence-corrected chi connectivity index (χ1v) is 11.2. The molecule has 2 N–H and O–H groups in total. The lowest BCUT2D eigenvalue weighted by Gasteiger charge is -2.37. The highest BCUT2D eigenvalue weighted by molar-refractivity contribution is 7.90. The van der Waals surface area contributed by atoms with Crippen molar-refractivity contribution >= 4 is 10.0 Å². The minimum absolute atomic E-state index is 0.0707. The van der Waals surface area contributed by atoms with Gasteiger partial charge >= 0.3 is 0 Å². The number of ether oxygens (including phenoxy) is 1. The first-order chi connectivity index (χ1) is 11.6. The van der Waals surface area contributed by atoms with E-state index in [2.05, 4.69) is 10.6 Å². The molecule has 7 heteroatoms. The maximum atomic E-state index is 12.3. The molecule has 4 aliphatic rings. The Kier molecular flexibility index (Phi) is 5.16. The summed E-state index contributed by atoms with van der Waals surface area (Å²) in [7, 11) is -2.99. The van der Waals surface area contributed by atoms with Crippen LogP contribution in [0.5, 0.6) is 0 Å². The molecule has 0 aromatic carbocycles. The molecule has 0 aromatic rings. The minimum atomic E-state index is -2.99. The van der Waals surface area contributed by atoms with Crippen LogP contribution in [0.1, 0.15) is 44.9 Å². The number of hydrogen-bond acceptors (Lipinski definition) is 5. The van der Waals surface area contributed by atoms with Gasteiger partial charge in [-0.1, -0.05) is 6.42 Å². The second-order valence-corrected chi connectivity index (χ2v) is 10.1. The summed E-state index contributed by atoms with van der Waals surface area (Å²) in [5, 5.41) is 7.42. The van der Waals surface area contributed by atoms with E-state index in [9.17, 15) is 8.42 Å². The maximum absolute atomic E-state index is 12.3. The molecule has 0 spiro atoms. The third kappa shape index (κ3) is 3.65. The number of nitrogens with one attached hydrogen (secondary N) is 2. The monoisotopic (exact) mass is 357 g/mol. The fourth-order valence-corrected chi connectivity index (χ4v) is 6.57. The zero-order chi connectivity index (χ0) is 16.6. The molecule has 24 heavy (non-hydrogen) atoms. The predicted octanol–water partition coefficient (Wildman–Crippen LogP) is 0.690. The van der Waals surface area contributed by atoms with Crippen LogP contribution in [0.25, 0.3) is 0 Å². The van der Waals surface area contributed by atoms with Gasteiger partial charge in [-0.2, -0.15) is 0 Å². The number of nitrogens with zero attached hydrogens (tertiary/aromatic N) is 1. The summed E-state index contributed by atoms with van der Waals surface area (Å²) in [4.78, 5) is 0. The van der Waals surface area contributed by atoms with Gasteiger partial charge in [-0.05, 0) is 44.4 Å². The Bertz CT molecular complexity index is 523. The van der Waals surface area contributed by atoms with E-state index >= 15 is 0 Å². The molecule has 0 bridgehead atoms. The molecule has 4 rings (SSSR count). The fraction of sp³-hybridized carbons (Fsp3) is 1.00. The zero-order valence-electron chi connectivity index (χ0n) is 14.5. The predicted molar refractivity (Wildman–Crippen MR) is 93.4 cm³/mol. The minimum Gasteiger partial charge on any atom is -0.379 e. The summed E-state index contributed by atoms with van der Waals surface area (Å²) in [5.41, 5.74) is 0. The molecule has 0 radical (unpaired) electrons. The van der Waals surface area contributed by atoms with Crippen LogP contribution in [-0.4, -0.2) is 68.9 Å². The molecular formula is C17H31N3O3S. The van der Waals surface area contributed by atoms with Gasteiger partial charge in [-0.25, -0.2) is 12.7 Å². The summed E-state index contributed by atoms with van der Waals surface area (Å²) in [5.74, 6) is 0.651. The average Bonchev–Trinajstić information content (AvgIpc) is 3.37. The van der Waals surface area contributed by atoms with Gasteiger partial charge in [0.2, 0.25) is 10.0 Å². The Morgan fingerprint density at radius 3 is 2.50 bits per heavy atom. The third-order valence-electron chi connectivity index (χ3n) is 6.25. The van der Waals surface area contributed by atoms with Crippen LogP contribution in [0.15, 0.2) is 0 Å². The smallest absolute Gasteiger partial charge is 0.216 e. The van der Waals surface area contributed by atoms with Crippen molar-refractivity contribution in [2.45, 2.75) is 68.3 Å². The van der Waals surface area contributed by atoms with Crippen molar-refractivity contribution in [3.63, 3.8) is 0 Å². The van der Waals surface area contributed by atoms with Crippen molar-refractivity contribution in [1.29, 1.82) is 0 Å².